The third-order valence-electron chi connectivity index (χ3n) is 3.83. The summed E-state index contributed by atoms with van der Waals surface area (Å²) < 4.78 is 14.3. The molecular formula is C21H15FO2. The lowest BCUT2D eigenvalue weighted by molar-refractivity contribution is 0.0817. The van der Waals surface area contributed by atoms with Crippen LogP contribution in [0.5, 0.6) is 0 Å². The molecule has 0 aromatic heterocycles. The van der Waals surface area contributed by atoms with Crippen LogP contribution in [0.2, 0.25) is 0 Å². The number of halogens is 1. The highest BCUT2D eigenvalue weighted by Crippen LogP contribution is 2.28. The van der Waals surface area contributed by atoms with E-state index in [9.17, 15) is 14.0 Å². The molecule has 3 rings (SSSR count). The van der Waals surface area contributed by atoms with Crippen LogP contribution in [0.1, 0.15) is 26.3 Å². The van der Waals surface area contributed by atoms with Gasteiger partial charge in [-0.15, -0.1) is 0 Å². The number of carbonyl (C=O) groups is 2. The third kappa shape index (κ3) is 3.01. The number of hydrogen-bond acceptors (Lipinski definition) is 2. The first kappa shape index (κ1) is 15.8. The van der Waals surface area contributed by atoms with E-state index in [-0.39, 0.29) is 5.56 Å². The molecule has 24 heavy (non-hydrogen) atoms. The van der Waals surface area contributed by atoms with Crippen LogP contribution in [0.3, 0.4) is 0 Å². The van der Waals surface area contributed by atoms with Crippen LogP contribution in [0, 0.1) is 12.7 Å². The Morgan fingerprint density at radius 1 is 0.750 bits per heavy atom. The second-order valence-corrected chi connectivity index (χ2v) is 5.55. The molecule has 0 aliphatic heterocycles. The number of rotatable bonds is 4. The van der Waals surface area contributed by atoms with Crippen molar-refractivity contribution in [1.29, 1.82) is 0 Å². The smallest absolute Gasteiger partial charge is 0.234 e. The van der Waals surface area contributed by atoms with E-state index < -0.39 is 17.4 Å². The fourth-order valence-electron chi connectivity index (χ4n) is 2.60. The minimum absolute atomic E-state index is 0.203. The maximum atomic E-state index is 14.3. The largest absolute Gasteiger partial charge is 0.285 e. The Labute approximate surface area is 139 Å². The predicted octanol–water partition coefficient (Wildman–Crippen LogP) is 4.87. The summed E-state index contributed by atoms with van der Waals surface area (Å²) in [6.07, 6.45) is 0. The Kier molecular flexibility index (Phi) is 4.34. The second-order valence-electron chi connectivity index (χ2n) is 5.55. The zero-order chi connectivity index (χ0) is 17.1. The molecule has 3 aromatic rings. The molecule has 0 fully saturated rings. The molecular weight excluding hydrogens is 303 g/mol. The Bertz CT molecular complexity index is 914. The summed E-state index contributed by atoms with van der Waals surface area (Å²) in [6, 6.07) is 19.8. The molecule has 0 N–H and O–H groups in total. The first-order valence-corrected chi connectivity index (χ1v) is 7.57. The van der Waals surface area contributed by atoms with Crippen molar-refractivity contribution in [3.05, 3.63) is 95.3 Å². The molecule has 118 valence electrons. The minimum Gasteiger partial charge on any atom is -0.285 e. The first-order chi connectivity index (χ1) is 11.6. The fraction of sp³-hybridized carbons (Fsp3) is 0.0476. The minimum atomic E-state index is -0.642. The highest BCUT2D eigenvalue weighted by molar-refractivity contribution is 6.50. The molecule has 0 spiro atoms. The topological polar surface area (TPSA) is 34.1 Å². The quantitative estimate of drug-likeness (QED) is 0.508. The molecule has 0 saturated heterocycles. The number of aryl methyl sites for hydroxylation is 1. The number of ketones is 2. The molecule has 0 atom stereocenters. The Morgan fingerprint density at radius 2 is 1.42 bits per heavy atom. The van der Waals surface area contributed by atoms with Gasteiger partial charge in [-0.25, -0.2) is 4.39 Å². The van der Waals surface area contributed by atoms with Gasteiger partial charge in [0.25, 0.3) is 0 Å². The summed E-state index contributed by atoms with van der Waals surface area (Å²) in [5.74, 6) is -1.66. The average Bonchev–Trinajstić information content (AvgIpc) is 2.61. The zero-order valence-corrected chi connectivity index (χ0v) is 13.1. The van der Waals surface area contributed by atoms with Gasteiger partial charge in [-0.2, -0.15) is 0 Å². The number of carbonyl (C=O) groups excluding carboxylic acids is 2. The summed E-state index contributed by atoms with van der Waals surface area (Å²) in [5, 5.41) is 0. The van der Waals surface area contributed by atoms with E-state index in [0.29, 0.717) is 16.7 Å². The summed E-state index contributed by atoms with van der Waals surface area (Å²) in [7, 11) is 0. The number of Topliss-reactive ketones (excluding diaryl/α,β-unsaturated/α-hetero) is 2. The van der Waals surface area contributed by atoms with Crippen molar-refractivity contribution in [3.63, 3.8) is 0 Å². The normalized spacial score (nSPS) is 10.4. The van der Waals surface area contributed by atoms with Gasteiger partial charge in [0.2, 0.25) is 11.6 Å². The van der Waals surface area contributed by atoms with Gasteiger partial charge in [-0.3, -0.25) is 9.59 Å². The maximum Gasteiger partial charge on any atom is 0.234 e. The highest BCUT2D eigenvalue weighted by atomic mass is 19.1. The average molecular weight is 318 g/mol. The van der Waals surface area contributed by atoms with Crippen LogP contribution in [0.15, 0.2) is 72.8 Å². The van der Waals surface area contributed by atoms with Gasteiger partial charge < -0.3 is 0 Å². The van der Waals surface area contributed by atoms with Crippen molar-refractivity contribution in [1.82, 2.24) is 0 Å². The van der Waals surface area contributed by atoms with Crippen molar-refractivity contribution in [2.45, 2.75) is 6.92 Å². The van der Waals surface area contributed by atoms with Gasteiger partial charge in [-0.1, -0.05) is 66.7 Å². The van der Waals surface area contributed by atoms with Crippen molar-refractivity contribution in [2.24, 2.45) is 0 Å². The lowest BCUT2D eigenvalue weighted by atomic mass is 9.93. The summed E-state index contributed by atoms with van der Waals surface area (Å²) in [4.78, 5) is 25.1. The van der Waals surface area contributed by atoms with E-state index in [1.54, 1.807) is 73.7 Å². The van der Waals surface area contributed by atoms with Crippen LogP contribution in [0.4, 0.5) is 4.39 Å². The van der Waals surface area contributed by atoms with E-state index in [1.165, 1.54) is 6.07 Å². The highest BCUT2D eigenvalue weighted by Gasteiger charge is 2.22. The zero-order valence-electron chi connectivity index (χ0n) is 13.1. The Morgan fingerprint density at radius 3 is 2.12 bits per heavy atom. The van der Waals surface area contributed by atoms with E-state index in [1.807, 2.05) is 0 Å². The van der Waals surface area contributed by atoms with Gasteiger partial charge in [0.15, 0.2) is 0 Å². The molecule has 0 radical (unpaired) electrons. The summed E-state index contributed by atoms with van der Waals surface area (Å²) in [5.41, 5.74) is 2.05. The molecule has 0 aliphatic rings. The second kappa shape index (κ2) is 6.59. The first-order valence-electron chi connectivity index (χ1n) is 7.57. The molecule has 0 aliphatic carbocycles. The van der Waals surface area contributed by atoms with E-state index in [4.69, 9.17) is 0 Å². The van der Waals surface area contributed by atoms with Crippen LogP contribution < -0.4 is 0 Å². The predicted molar refractivity (Wildman–Crippen MR) is 91.7 cm³/mol. The van der Waals surface area contributed by atoms with Crippen molar-refractivity contribution in [2.75, 3.05) is 0 Å². The van der Waals surface area contributed by atoms with Gasteiger partial charge in [0.05, 0.1) is 0 Å². The fourth-order valence-corrected chi connectivity index (χ4v) is 2.60. The summed E-state index contributed by atoms with van der Waals surface area (Å²) >= 11 is 0. The number of benzene rings is 3. The van der Waals surface area contributed by atoms with E-state index in [2.05, 4.69) is 0 Å². The van der Waals surface area contributed by atoms with E-state index in [0.717, 1.165) is 5.56 Å². The van der Waals surface area contributed by atoms with Crippen molar-refractivity contribution < 1.29 is 14.0 Å². The molecule has 2 nitrogen and oxygen atoms in total. The molecule has 0 saturated carbocycles. The Hall–Kier alpha value is -3.07. The lowest BCUT2D eigenvalue weighted by Crippen LogP contribution is -2.15. The van der Waals surface area contributed by atoms with Crippen molar-refractivity contribution >= 4 is 11.6 Å². The molecule has 0 amide bonds. The number of hydrogen-bond donors (Lipinski definition) is 0. The monoisotopic (exact) mass is 318 g/mol. The van der Waals surface area contributed by atoms with Crippen LogP contribution >= 0.6 is 0 Å². The van der Waals surface area contributed by atoms with Gasteiger partial charge in [0, 0.05) is 16.7 Å². The molecule has 0 unspecified atom stereocenters. The molecule has 3 aromatic carbocycles. The van der Waals surface area contributed by atoms with Crippen LogP contribution in [-0.2, 0) is 0 Å². The standard InChI is InChI=1S/C21H15FO2/c1-14-11-12-17(19(22)13-14)16-9-5-6-10-18(16)21(24)20(23)15-7-3-2-4-8-15/h2-13H,1H3. The van der Waals surface area contributed by atoms with Crippen molar-refractivity contribution in [3.8, 4) is 11.1 Å². The van der Waals surface area contributed by atoms with Gasteiger partial charge >= 0.3 is 0 Å². The molecule has 0 bridgehead atoms. The molecule has 0 heterocycles. The Balaban J connectivity index is 2.07. The molecule has 3 heteroatoms. The summed E-state index contributed by atoms with van der Waals surface area (Å²) in [6.45, 7) is 1.79. The van der Waals surface area contributed by atoms with Crippen LogP contribution in [-0.4, -0.2) is 11.6 Å². The van der Waals surface area contributed by atoms with Crippen LogP contribution in [0.25, 0.3) is 11.1 Å². The van der Waals surface area contributed by atoms with E-state index >= 15 is 0 Å². The SMILES string of the molecule is Cc1ccc(-c2ccccc2C(=O)C(=O)c2ccccc2)c(F)c1. The maximum absolute atomic E-state index is 14.3. The van der Waals surface area contributed by atoms with Gasteiger partial charge in [0.1, 0.15) is 5.82 Å². The van der Waals surface area contributed by atoms with Gasteiger partial charge in [-0.05, 0) is 24.1 Å². The third-order valence-corrected chi connectivity index (χ3v) is 3.83. The lowest BCUT2D eigenvalue weighted by Gasteiger charge is -2.10.